The van der Waals surface area contributed by atoms with E-state index in [0.29, 0.717) is 18.8 Å². The molecule has 1 fully saturated rings. The van der Waals surface area contributed by atoms with Crippen molar-refractivity contribution in [2.24, 2.45) is 0 Å². The molecule has 1 aliphatic rings. The second-order valence-electron chi connectivity index (χ2n) is 3.85. The third kappa shape index (κ3) is 2.32. The molecule has 2 rings (SSSR count). The average molecular weight is 224 g/mol. The number of hydrogen-bond donors (Lipinski definition) is 0. The Bertz CT molecular complexity index is 339. The zero-order valence-corrected chi connectivity index (χ0v) is 9.28. The molecule has 1 atom stereocenters. The van der Waals surface area contributed by atoms with Gasteiger partial charge in [0.1, 0.15) is 0 Å². The van der Waals surface area contributed by atoms with E-state index in [2.05, 4.69) is 0 Å². The van der Waals surface area contributed by atoms with Crippen LogP contribution in [-0.2, 0) is 11.3 Å². The van der Waals surface area contributed by atoms with Crippen molar-refractivity contribution in [2.45, 2.75) is 25.4 Å². The number of amides is 1. The summed E-state index contributed by atoms with van der Waals surface area (Å²) in [6.07, 6.45) is 1.54. The first-order valence-electron chi connectivity index (χ1n) is 5.20. The van der Waals surface area contributed by atoms with Crippen molar-refractivity contribution in [1.82, 2.24) is 4.90 Å². The first-order chi connectivity index (χ1) is 7.31. The number of carbonyl (C=O) groups excluding carboxylic acids is 1. The number of alkyl halides is 1. The molecule has 2 nitrogen and oxygen atoms in total. The summed E-state index contributed by atoms with van der Waals surface area (Å²) in [7, 11) is 0. The largest absolute Gasteiger partial charge is 0.334 e. The molecule has 15 heavy (non-hydrogen) atoms. The van der Waals surface area contributed by atoms with Crippen molar-refractivity contribution in [3.8, 4) is 0 Å². The Balaban J connectivity index is 2.07. The van der Waals surface area contributed by atoms with Crippen LogP contribution in [0.25, 0.3) is 0 Å². The molecule has 1 aromatic carbocycles. The van der Waals surface area contributed by atoms with Crippen molar-refractivity contribution < 1.29 is 4.79 Å². The normalized spacial score (nSPS) is 21.0. The van der Waals surface area contributed by atoms with Gasteiger partial charge in [0.05, 0.1) is 0 Å². The molecule has 1 aliphatic heterocycles. The SMILES string of the molecule is O=C1CC[C@H](CCl)N1Cc1ccccc1. The van der Waals surface area contributed by atoms with E-state index in [4.69, 9.17) is 11.6 Å². The molecule has 0 radical (unpaired) electrons. The highest BCUT2D eigenvalue weighted by Gasteiger charge is 2.29. The molecular formula is C12H14ClNO. The summed E-state index contributed by atoms with van der Waals surface area (Å²) in [6.45, 7) is 0.692. The predicted molar refractivity (Wildman–Crippen MR) is 60.7 cm³/mol. The number of halogens is 1. The zero-order chi connectivity index (χ0) is 10.7. The molecule has 0 bridgehead atoms. The van der Waals surface area contributed by atoms with Crippen molar-refractivity contribution in [1.29, 1.82) is 0 Å². The maximum atomic E-state index is 11.6. The van der Waals surface area contributed by atoms with Crippen molar-refractivity contribution in [3.05, 3.63) is 35.9 Å². The van der Waals surface area contributed by atoms with Gasteiger partial charge in [0.15, 0.2) is 0 Å². The molecule has 0 unspecified atom stereocenters. The van der Waals surface area contributed by atoms with E-state index in [1.54, 1.807) is 0 Å². The lowest BCUT2D eigenvalue weighted by atomic mass is 10.2. The van der Waals surface area contributed by atoms with Crippen molar-refractivity contribution >= 4 is 17.5 Å². The second-order valence-corrected chi connectivity index (χ2v) is 4.16. The summed E-state index contributed by atoms with van der Waals surface area (Å²) < 4.78 is 0. The highest BCUT2D eigenvalue weighted by Crippen LogP contribution is 2.22. The van der Waals surface area contributed by atoms with E-state index in [9.17, 15) is 4.79 Å². The Morgan fingerprint density at radius 1 is 1.33 bits per heavy atom. The molecule has 1 aromatic rings. The maximum absolute atomic E-state index is 11.6. The third-order valence-electron chi connectivity index (χ3n) is 2.83. The summed E-state index contributed by atoms with van der Waals surface area (Å²) in [5, 5.41) is 0. The molecule has 0 N–H and O–H groups in total. The van der Waals surface area contributed by atoms with Gasteiger partial charge in [-0.3, -0.25) is 4.79 Å². The van der Waals surface area contributed by atoms with Gasteiger partial charge in [-0.2, -0.15) is 0 Å². The minimum absolute atomic E-state index is 0.222. The van der Waals surface area contributed by atoms with Gasteiger partial charge < -0.3 is 4.90 Å². The molecule has 0 saturated carbocycles. The van der Waals surface area contributed by atoms with Crippen molar-refractivity contribution in [2.75, 3.05) is 5.88 Å². The predicted octanol–water partition coefficient (Wildman–Crippen LogP) is 2.42. The molecule has 1 saturated heterocycles. The van der Waals surface area contributed by atoms with Crippen LogP contribution >= 0.6 is 11.6 Å². The average Bonchev–Trinajstić information content (AvgIpc) is 2.62. The third-order valence-corrected chi connectivity index (χ3v) is 3.18. The molecule has 0 aliphatic carbocycles. The minimum atomic E-state index is 0.222. The fourth-order valence-corrected chi connectivity index (χ4v) is 2.27. The maximum Gasteiger partial charge on any atom is 0.223 e. The van der Waals surface area contributed by atoms with Gasteiger partial charge in [-0.25, -0.2) is 0 Å². The number of rotatable bonds is 3. The van der Waals surface area contributed by atoms with Gasteiger partial charge in [-0.05, 0) is 12.0 Å². The highest BCUT2D eigenvalue weighted by atomic mass is 35.5. The summed E-state index contributed by atoms with van der Waals surface area (Å²) in [6, 6.07) is 10.3. The lowest BCUT2D eigenvalue weighted by Gasteiger charge is -2.23. The topological polar surface area (TPSA) is 20.3 Å². The lowest BCUT2D eigenvalue weighted by Crippen LogP contribution is -2.33. The van der Waals surface area contributed by atoms with Crippen LogP contribution in [0.3, 0.4) is 0 Å². The summed E-state index contributed by atoms with van der Waals surface area (Å²) in [5.74, 6) is 0.767. The van der Waals surface area contributed by atoms with Crippen molar-refractivity contribution in [3.63, 3.8) is 0 Å². The molecule has 1 amide bonds. The number of likely N-dealkylation sites (tertiary alicyclic amines) is 1. The number of benzene rings is 1. The van der Waals surface area contributed by atoms with Crippen LogP contribution in [0.5, 0.6) is 0 Å². The van der Waals surface area contributed by atoms with Crippen LogP contribution in [-0.4, -0.2) is 22.7 Å². The van der Waals surface area contributed by atoms with Crippen LogP contribution < -0.4 is 0 Å². The van der Waals surface area contributed by atoms with Crippen LogP contribution in [0, 0.1) is 0 Å². The Labute approximate surface area is 94.8 Å². The fourth-order valence-electron chi connectivity index (χ4n) is 1.95. The zero-order valence-electron chi connectivity index (χ0n) is 8.53. The lowest BCUT2D eigenvalue weighted by molar-refractivity contribution is -0.129. The smallest absolute Gasteiger partial charge is 0.223 e. The molecule has 0 spiro atoms. The van der Waals surface area contributed by atoms with E-state index in [1.807, 2.05) is 35.2 Å². The van der Waals surface area contributed by atoms with Crippen LogP contribution in [0.2, 0.25) is 0 Å². The molecule has 0 aromatic heterocycles. The van der Waals surface area contributed by atoms with E-state index in [0.717, 1.165) is 6.42 Å². The molecule has 80 valence electrons. The van der Waals surface area contributed by atoms with Gasteiger partial charge in [0, 0.05) is 24.9 Å². The fraction of sp³-hybridized carbons (Fsp3) is 0.417. The van der Waals surface area contributed by atoms with Crippen LogP contribution in [0.15, 0.2) is 30.3 Å². The second kappa shape index (κ2) is 4.67. The van der Waals surface area contributed by atoms with E-state index < -0.39 is 0 Å². The quantitative estimate of drug-likeness (QED) is 0.721. The Kier molecular flexibility index (Phi) is 3.27. The van der Waals surface area contributed by atoms with E-state index in [-0.39, 0.29) is 11.9 Å². The molecule has 3 heteroatoms. The monoisotopic (exact) mass is 223 g/mol. The Hall–Kier alpha value is -1.02. The molecular weight excluding hydrogens is 210 g/mol. The number of carbonyl (C=O) groups is 1. The minimum Gasteiger partial charge on any atom is -0.334 e. The van der Waals surface area contributed by atoms with E-state index >= 15 is 0 Å². The summed E-state index contributed by atoms with van der Waals surface area (Å²) >= 11 is 5.84. The van der Waals surface area contributed by atoms with Crippen LogP contribution in [0.1, 0.15) is 18.4 Å². The number of nitrogens with zero attached hydrogens (tertiary/aromatic N) is 1. The van der Waals surface area contributed by atoms with Gasteiger partial charge >= 0.3 is 0 Å². The summed E-state index contributed by atoms with van der Waals surface area (Å²) in [4.78, 5) is 13.5. The van der Waals surface area contributed by atoms with Gasteiger partial charge in [0.2, 0.25) is 5.91 Å². The highest BCUT2D eigenvalue weighted by molar-refractivity contribution is 6.18. The Morgan fingerprint density at radius 2 is 2.07 bits per heavy atom. The first-order valence-corrected chi connectivity index (χ1v) is 5.74. The standard InChI is InChI=1S/C12H14ClNO/c13-8-11-6-7-12(15)14(11)9-10-4-2-1-3-5-10/h1-5,11H,6-9H2/t11-/m1/s1. The summed E-state index contributed by atoms with van der Waals surface area (Å²) in [5.41, 5.74) is 1.17. The molecule has 1 heterocycles. The van der Waals surface area contributed by atoms with Crippen LogP contribution in [0.4, 0.5) is 0 Å². The van der Waals surface area contributed by atoms with Gasteiger partial charge in [-0.15, -0.1) is 11.6 Å². The van der Waals surface area contributed by atoms with Gasteiger partial charge in [0.25, 0.3) is 0 Å². The Morgan fingerprint density at radius 3 is 2.73 bits per heavy atom. The number of hydrogen-bond acceptors (Lipinski definition) is 1. The van der Waals surface area contributed by atoms with Gasteiger partial charge in [-0.1, -0.05) is 30.3 Å². The first kappa shape index (κ1) is 10.5. The van der Waals surface area contributed by atoms with E-state index in [1.165, 1.54) is 5.56 Å².